The van der Waals surface area contributed by atoms with Gasteiger partial charge in [0, 0.05) is 18.2 Å². The van der Waals surface area contributed by atoms with Crippen LogP contribution in [-0.4, -0.2) is 11.9 Å². The van der Waals surface area contributed by atoms with Crippen LogP contribution in [0.3, 0.4) is 0 Å². The Labute approximate surface area is 119 Å². The van der Waals surface area contributed by atoms with Gasteiger partial charge in [-0.05, 0) is 36.0 Å². The molecule has 2 heteroatoms. The highest BCUT2D eigenvalue weighted by Gasteiger charge is 2.40. The van der Waals surface area contributed by atoms with Gasteiger partial charge in [-0.15, -0.1) is 0 Å². The summed E-state index contributed by atoms with van der Waals surface area (Å²) in [4.78, 5) is 14.6. The van der Waals surface area contributed by atoms with E-state index in [0.717, 1.165) is 18.5 Å². The molecule has 1 saturated heterocycles. The summed E-state index contributed by atoms with van der Waals surface area (Å²) in [5, 5.41) is 0. The minimum absolute atomic E-state index is 0.278. The Balaban J connectivity index is 1.65. The van der Waals surface area contributed by atoms with Crippen LogP contribution in [0, 0.1) is 0 Å². The molecule has 2 heterocycles. The van der Waals surface area contributed by atoms with Gasteiger partial charge in [-0.1, -0.05) is 48.5 Å². The first-order valence-corrected chi connectivity index (χ1v) is 7.28. The number of rotatable bonds is 1. The van der Waals surface area contributed by atoms with Gasteiger partial charge in [-0.2, -0.15) is 0 Å². The van der Waals surface area contributed by atoms with Crippen molar-refractivity contribution in [3.63, 3.8) is 0 Å². The Kier molecular flexibility index (Phi) is 2.62. The van der Waals surface area contributed by atoms with Crippen molar-refractivity contribution in [2.45, 2.75) is 31.2 Å². The van der Waals surface area contributed by atoms with Gasteiger partial charge in [0.2, 0.25) is 5.91 Å². The zero-order valence-electron chi connectivity index (χ0n) is 11.3. The van der Waals surface area contributed by atoms with E-state index < -0.39 is 0 Å². The molecule has 0 spiro atoms. The molecule has 20 heavy (non-hydrogen) atoms. The van der Waals surface area contributed by atoms with E-state index in [4.69, 9.17) is 0 Å². The number of anilines is 1. The highest BCUT2D eigenvalue weighted by atomic mass is 16.2. The Morgan fingerprint density at radius 2 is 1.65 bits per heavy atom. The fourth-order valence-corrected chi connectivity index (χ4v) is 3.69. The van der Waals surface area contributed by atoms with Crippen LogP contribution in [0.1, 0.15) is 29.9 Å². The van der Waals surface area contributed by atoms with Gasteiger partial charge in [-0.25, -0.2) is 0 Å². The van der Waals surface area contributed by atoms with Crippen molar-refractivity contribution in [1.29, 1.82) is 0 Å². The van der Waals surface area contributed by atoms with Crippen LogP contribution in [0.2, 0.25) is 0 Å². The zero-order chi connectivity index (χ0) is 13.5. The number of carbonyl (C=O) groups is 1. The van der Waals surface area contributed by atoms with Crippen LogP contribution >= 0.6 is 0 Å². The van der Waals surface area contributed by atoms with Crippen molar-refractivity contribution in [3.05, 3.63) is 65.7 Å². The van der Waals surface area contributed by atoms with Gasteiger partial charge in [0.25, 0.3) is 0 Å². The molecule has 1 amide bonds. The standard InChI is InChI=1S/C18H17NO/c20-18-12-15(13-6-2-1-3-7-13)11-16-10-14-8-4-5-9-17(14)19(16)18/h1-9,15-16H,10-12H2/t15-,16+/m0/s1. The third-order valence-electron chi connectivity index (χ3n) is 4.59. The van der Waals surface area contributed by atoms with Crippen LogP contribution in [0.5, 0.6) is 0 Å². The van der Waals surface area contributed by atoms with E-state index in [0.29, 0.717) is 18.4 Å². The van der Waals surface area contributed by atoms with E-state index in [2.05, 4.69) is 42.5 Å². The molecule has 2 aromatic carbocycles. The molecule has 0 saturated carbocycles. The van der Waals surface area contributed by atoms with Gasteiger partial charge in [0.1, 0.15) is 0 Å². The lowest BCUT2D eigenvalue weighted by Crippen LogP contribution is -2.43. The number of nitrogens with zero attached hydrogens (tertiary/aromatic N) is 1. The number of para-hydroxylation sites is 1. The summed E-state index contributed by atoms with van der Waals surface area (Å²) in [6.07, 6.45) is 2.71. The maximum atomic E-state index is 12.5. The molecule has 2 aliphatic heterocycles. The van der Waals surface area contributed by atoms with Gasteiger partial charge < -0.3 is 4.90 Å². The Bertz CT molecular complexity index is 649. The lowest BCUT2D eigenvalue weighted by molar-refractivity contribution is -0.120. The van der Waals surface area contributed by atoms with Crippen LogP contribution in [0.15, 0.2) is 54.6 Å². The third kappa shape index (κ3) is 1.75. The van der Waals surface area contributed by atoms with E-state index in [-0.39, 0.29) is 5.91 Å². The van der Waals surface area contributed by atoms with E-state index in [9.17, 15) is 4.79 Å². The Morgan fingerprint density at radius 3 is 2.50 bits per heavy atom. The van der Waals surface area contributed by atoms with Crippen molar-refractivity contribution in [2.24, 2.45) is 0 Å². The molecule has 1 fully saturated rings. The molecule has 0 unspecified atom stereocenters. The van der Waals surface area contributed by atoms with Crippen molar-refractivity contribution >= 4 is 11.6 Å². The summed E-state index contributed by atoms with van der Waals surface area (Å²) < 4.78 is 0. The topological polar surface area (TPSA) is 20.3 Å². The van der Waals surface area contributed by atoms with Crippen LogP contribution in [0.4, 0.5) is 5.69 Å². The molecular weight excluding hydrogens is 246 g/mol. The van der Waals surface area contributed by atoms with Crippen LogP contribution < -0.4 is 4.90 Å². The number of carbonyl (C=O) groups excluding carboxylic acids is 1. The highest BCUT2D eigenvalue weighted by Crippen LogP contribution is 2.41. The quantitative estimate of drug-likeness (QED) is 0.771. The van der Waals surface area contributed by atoms with E-state index in [1.165, 1.54) is 11.1 Å². The van der Waals surface area contributed by atoms with Crippen molar-refractivity contribution in [1.82, 2.24) is 0 Å². The summed E-state index contributed by atoms with van der Waals surface area (Å²) in [6, 6.07) is 19.1. The molecule has 0 bridgehead atoms. The predicted octanol–water partition coefficient (Wildman–Crippen LogP) is 3.52. The molecule has 0 radical (unpaired) electrons. The van der Waals surface area contributed by atoms with E-state index in [1.807, 2.05) is 17.0 Å². The minimum atomic E-state index is 0.278. The summed E-state index contributed by atoms with van der Waals surface area (Å²) in [5.74, 6) is 0.652. The molecule has 4 rings (SSSR count). The van der Waals surface area contributed by atoms with Gasteiger partial charge in [-0.3, -0.25) is 4.79 Å². The summed E-state index contributed by atoms with van der Waals surface area (Å²) in [7, 11) is 0. The van der Waals surface area contributed by atoms with Crippen LogP contribution in [0.25, 0.3) is 0 Å². The van der Waals surface area contributed by atoms with Gasteiger partial charge in [0.15, 0.2) is 0 Å². The number of fused-ring (bicyclic) bond motifs is 3. The zero-order valence-corrected chi connectivity index (χ0v) is 11.3. The minimum Gasteiger partial charge on any atom is -0.309 e. The molecule has 2 nitrogen and oxygen atoms in total. The molecule has 2 aliphatic rings. The van der Waals surface area contributed by atoms with Gasteiger partial charge >= 0.3 is 0 Å². The predicted molar refractivity (Wildman–Crippen MR) is 79.8 cm³/mol. The smallest absolute Gasteiger partial charge is 0.227 e. The fraction of sp³-hybridized carbons (Fsp3) is 0.278. The second kappa shape index (κ2) is 4.48. The van der Waals surface area contributed by atoms with Crippen molar-refractivity contribution in [3.8, 4) is 0 Å². The number of benzene rings is 2. The first-order valence-electron chi connectivity index (χ1n) is 7.28. The third-order valence-corrected chi connectivity index (χ3v) is 4.59. The summed E-state index contributed by atoms with van der Waals surface area (Å²) >= 11 is 0. The molecule has 2 atom stereocenters. The second-order valence-corrected chi connectivity index (χ2v) is 5.80. The number of hydrogen-bond acceptors (Lipinski definition) is 1. The molecular formula is C18H17NO. The normalized spacial score (nSPS) is 24.4. The number of piperidine rings is 1. The SMILES string of the molecule is O=C1C[C@@H](c2ccccc2)C[C@H]2Cc3ccccc3N12. The Morgan fingerprint density at radius 1 is 0.900 bits per heavy atom. The van der Waals surface area contributed by atoms with Crippen molar-refractivity contribution < 1.29 is 4.79 Å². The second-order valence-electron chi connectivity index (χ2n) is 5.80. The highest BCUT2D eigenvalue weighted by molar-refractivity contribution is 5.97. The maximum absolute atomic E-state index is 12.5. The van der Waals surface area contributed by atoms with Crippen molar-refractivity contribution in [2.75, 3.05) is 4.90 Å². The molecule has 2 aromatic rings. The lowest BCUT2D eigenvalue weighted by Gasteiger charge is -2.35. The first kappa shape index (κ1) is 11.7. The maximum Gasteiger partial charge on any atom is 0.227 e. The number of amides is 1. The average molecular weight is 263 g/mol. The molecule has 100 valence electrons. The molecule has 0 aromatic heterocycles. The average Bonchev–Trinajstić information content (AvgIpc) is 2.87. The fourth-order valence-electron chi connectivity index (χ4n) is 3.69. The molecule has 0 N–H and O–H groups in total. The van der Waals surface area contributed by atoms with E-state index >= 15 is 0 Å². The van der Waals surface area contributed by atoms with E-state index in [1.54, 1.807) is 0 Å². The summed E-state index contributed by atoms with van der Waals surface area (Å²) in [6.45, 7) is 0. The lowest BCUT2D eigenvalue weighted by atomic mass is 9.85. The van der Waals surface area contributed by atoms with Crippen LogP contribution in [-0.2, 0) is 11.2 Å². The monoisotopic (exact) mass is 263 g/mol. The molecule has 0 aliphatic carbocycles. The number of hydrogen-bond donors (Lipinski definition) is 0. The Hall–Kier alpha value is -2.09. The summed E-state index contributed by atoms with van der Waals surface area (Å²) in [5.41, 5.74) is 3.75. The largest absolute Gasteiger partial charge is 0.309 e. The van der Waals surface area contributed by atoms with Gasteiger partial charge in [0.05, 0.1) is 0 Å². The first-order chi connectivity index (χ1) is 9.83.